The van der Waals surface area contributed by atoms with Gasteiger partial charge < -0.3 is 20.4 Å². The van der Waals surface area contributed by atoms with Gasteiger partial charge >= 0.3 is 0 Å². The highest BCUT2D eigenvalue weighted by Gasteiger charge is 2.35. The van der Waals surface area contributed by atoms with Crippen molar-refractivity contribution < 1.29 is 19.8 Å². The summed E-state index contributed by atoms with van der Waals surface area (Å²) < 4.78 is 1.07. The molecule has 148 valence electrons. The number of fused-ring (bicyclic) bond motifs is 1. The van der Waals surface area contributed by atoms with Crippen LogP contribution in [0, 0.1) is 3.57 Å². The van der Waals surface area contributed by atoms with E-state index in [1.165, 1.54) is 10.5 Å². The second-order valence-corrected chi connectivity index (χ2v) is 8.20. The van der Waals surface area contributed by atoms with Crippen molar-refractivity contribution in [2.45, 2.75) is 38.1 Å². The fourth-order valence-corrected chi connectivity index (χ4v) is 3.64. The molecule has 0 saturated heterocycles. The molecular formula is C21H23IN2O4. The Kier molecular flexibility index (Phi) is 6.69. The fourth-order valence-electron chi connectivity index (χ4n) is 3.28. The number of aliphatic hydroxyl groups excluding tert-OH is 2. The van der Waals surface area contributed by atoms with E-state index < -0.39 is 24.0 Å². The van der Waals surface area contributed by atoms with Crippen LogP contribution in [0.25, 0.3) is 0 Å². The molecule has 0 fully saturated rings. The van der Waals surface area contributed by atoms with E-state index in [9.17, 15) is 19.8 Å². The first-order valence-electron chi connectivity index (χ1n) is 9.14. The number of hydrogen-bond acceptors (Lipinski definition) is 4. The van der Waals surface area contributed by atoms with E-state index in [-0.39, 0.29) is 6.04 Å². The molecular weight excluding hydrogens is 471 g/mol. The summed E-state index contributed by atoms with van der Waals surface area (Å²) in [6.07, 6.45) is -2.94. The Bertz CT molecular complexity index is 856. The van der Waals surface area contributed by atoms with E-state index in [4.69, 9.17) is 0 Å². The van der Waals surface area contributed by atoms with Gasteiger partial charge in [0.2, 0.25) is 0 Å². The van der Waals surface area contributed by atoms with Gasteiger partial charge in [-0.3, -0.25) is 9.59 Å². The van der Waals surface area contributed by atoms with E-state index in [2.05, 4.69) is 27.9 Å². The predicted octanol–water partition coefficient (Wildman–Crippen LogP) is 1.78. The molecule has 2 aromatic carbocycles. The molecule has 28 heavy (non-hydrogen) atoms. The number of rotatable bonds is 5. The molecule has 0 saturated carbocycles. The molecule has 1 heterocycles. The van der Waals surface area contributed by atoms with Gasteiger partial charge in [-0.05, 0) is 64.8 Å². The molecule has 3 rings (SSSR count). The van der Waals surface area contributed by atoms with Crippen molar-refractivity contribution >= 4 is 34.4 Å². The Morgan fingerprint density at radius 1 is 1.04 bits per heavy atom. The highest BCUT2D eigenvalue weighted by molar-refractivity contribution is 14.1. The minimum Gasteiger partial charge on any atom is -0.380 e. The molecule has 0 aromatic heterocycles. The number of nitrogens with zero attached hydrogens (tertiary/aromatic N) is 1. The van der Waals surface area contributed by atoms with Crippen LogP contribution in [0.3, 0.4) is 0 Å². The van der Waals surface area contributed by atoms with Crippen LogP contribution < -0.4 is 5.32 Å². The molecule has 0 aliphatic carbocycles. The Morgan fingerprint density at radius 3 is 2.36 bits per heavy atom. The van der Waals surface area contributed by atoms with E-state index in [1.807, 2.05) is 48.5 Å². The first kappa shape index (κ1) is 20.8. The van der Waals surface area contributed by atoms with Crippen molar-refractivity contribution in [3.05, 3.63) is 68.8 Å². The van der Waals surface area contributed by atoms with Gasteiger partial charge in [0.15, 0.2) is 12.2 Å². The smallest absolute Gasteiger partial charge is 0.255 e. The summed E-state index contributed by atoms with van der Waals surface area (Å²) in [7, 11) is 0. The highest BCUT2D eigenvalue weighted by Crippen LogP contribution is 2.20. The monoisotopic (exact) mass is 494 g/mol. The standard InChI is InChI=1S/C21H23IN2O4/c1-13(14-6-8-17(22)9-7-14)23-20(27)18(25)19(26)21(28)24-11-10-15-4-2-3-5-16(15)12-24/h2-9,13,18-19,25-26H,10-12H2,1H3,(H,23,27). The zero-order chi connectivity index (χ0) is 20.3. The SMILES string of the molecule is CC(NC(=O)C(O)C(O)C(=O)N1CCc2ccccc2C1)c1ccc(I)cc1. The van der Waals surface area contributed by atoms with Gasteiger partial charge in [0, 0.05) is 16.7 Å². The van der Waals surface area contributed by atoms with Crippen LogP contribution in [0.5, 0.6) is 0 Å². The third-order valence-corrected chi connectivity index (χ3v) is 5.71. The minimum absolute atomic E-state index is 0.358. The van der Waals surface area contributed by atoms with Crippen LogP contribution in [0.2, 0.25) is 0 Å². The normalized spacial score (nSPS) is 16.6. The Labute approximate surface area is 177 Å². The van der Waals surface area contributed by atoms with Crippen molar-refractivity contribution in [1.29, 1.82) is 0 Å². The van der Waals surface area contributed by atoms with Gasteiger partial charge in [-0.2, -0.15) is 0 Å². The van der Waals surface area contributed by atoms with E-state index in [0.717, 1.165) is 14.7 Å². The van der Waals surface area contributed by atoms with E-state index in [0.29, 0.717) is 19.5 Å². The lowest BCUT2D eigenvalue weighted by molar-refractivity contribution is -0.154. The topological polar surface area (TPSA) is 89.9 Å². The zero-order valence-electron chi connectivity index (χ0n) is 15.5. The summed E-state index contributed by atoms with van der Waals surface area (Å²) in [6, 6.07) is 15.0. The van der Waals surface area contributed by atoms with Crippen molar-refractivity contribution in [1.82, 2.24) is 10.2 Å². The second-order valence-electron chi connectivity index (χ2n) is 6.95. The molecule has 6 nitrogen and oxygen atoms in total. The first-order valence-corrected chi connectivity index (χ1v) is 10.2. The lowest BCUT2D eigenvalue weighted by atomic mass is 9.99. The van der Waals surface area contributed by atoms with Crippen molar-refractivity contribution in [3.8, 4) is 0 Å². The third-order valence-electron chi connectivity index (χ3n) is 4.99. The number of benzene rings is 2. The summed E-state index contributed by atoms with van der Waals surface area (Å²) >= 11 is 2.19. The number of carbonyl (C=O) groups excluding carboxylic acids is 2. The summed E-state index contributed by atoms with van der Waals surface area (Å²) in [4.78, 5) is 26.4. The Balaban J connectivity index is 1.60. The van der Waals surface area contributed by atoms with Gasteiger partial charge in [0.25, 0.3) is 11.8 Å². The molecule has 1 aliphatic heterocycles. The largest absolute Gasteiger partial charge is 0.380 e. The van der Waals surface area contributed by atoms with Gasteiger partial charge in [-0.25, -0.2) is 0 Å². The maximum atomic E-state index is 12.6. The van der Waals surface area contributed by atoms with Crippen LogP contribution >= 0.6 is 22.6 Å². The number of carbonyl (C=O) groups is 2. The summed E-state index contributed by atoms with van der Waals surface area (Å²) in [5.41, 5.74) is 3.06. The van der Waals surface area contributed by atoms with E-state index in [1.54, 1.807) is 6.92 Å². The van der Waals surface area contributed by atoms with Crippen LogP contribution in [0.15, 0.2) is 48.5 Å². The van der Waals surface area contributed by atoms with Crippen LogP contribution in [0.4, 0.5) is 0 Å². The fraction of sp³-hybridized carbons (Fsp3) is 0.333. The predicted molar refractivity (Wildman–Crippen MR) is 113 cm³/mol. The first-order chi connectivity index (χ1) is 13.4. The number of hydrogen-bond donors (Lipinski definition) is 3. The van der Waals surface area contributed by atoms with Crippen LogP contribution in [-0.2, 0) is 22.6 Å². The van der Waals surface area contributed by atoms with Crippen LogP contribution in [0.1, 0.15) is 29.7 Å². The Hall–Kier alpha value is -1.97. The molecule has 2 amide bonds. The molecule has 7 heteroatoms. The molecule has 0 radical (unpaired) electrons. The molecule has 3 N–H and O–H groups in total. The molecule has 3 atom stereocenters. The quantitative estimate of drug-likeness (QED) is 0.553. The van der Waals surface area contributed by atoms with Crippen molar-refractivity contribution in [3.63, 3.8) is 0 Å². The van der Waals surface area contributed by atoms with Crippen molar-refractivity contribution in [2.75, 3.05) is 6.54 Å². The molecule has 3 unspecified atom stereocenters. The lowest BCUT2D eigenvalue weighted by Crippen LogP contribution is -2.51. The minimum atomic E-state index is -1.82. The van der Waals surface area contributed by atoms with Gasteiger partial charge in [0.1, 0.15) is 0 Å². The maximum absolute atomic E-state index is 12.6. The van der Waals surface area contributed by atoms with Gasteiger partial charge in [-0.15, -0.1) is 0 Å². The molecule has 0 bridgehead atoms. The number of nitrogens with one attached hydrogen (secondary N) is 1. The summed E-state index contributed by atoms with van der Waals surface area (Å²) in [5.74, 6) is -1.41. The number of amides is 2. The number of aliphatic hydroxyl groups is 2. The van der Waals surface area contributed by atoms with Crippen LogP contribution in [-0.4, -0.2) is 45.7 Å². The maximum Gasteiger partial charge on any atom is 0.255 e. The lowest BCUT2D eigenvalue weighted by Gasteiger charge is -2.31. The van der Waals surface area contributed by atoms with Gasteiger partial charge in [0.05, 0.1) is 6.04 Å². The molecule has 0 spiro atoms. The summed E-state index contributed by atoms with van der Waals surface area (Å²) in [5, 5.41) is 23.1. The average molecular weight is 494 g/mol. The zero-order valence-corrected chi connectivity index (χ0v) is 17.7. The van der Waals surface area contributed by atoms with Gasteiger partial charge in [-0.1, -0.05) is 36.4 Å². The van der Waals surface area contributed by atoms with E-state index >= 15 is 0 Å². The highest BCUT2D eigenvalue weighted by atomic mass is 127. The summed E-state index contributed by atoms with van der Waals surface area (Å²) in [6.45, 7) is 2.59. The Morgan fingerprint density at radius 2 is 1.68 bits per heavy atom. The molecule has 2 aromatic rings. The number of halogens is 1. The second kappa shape index (κ2) is 9.02. The average Bonchev–Trinajstić information content (AvgIpc) is 2.72. The third kappa shape index (κ3) is 4.71. The van der Waals surface area contributed by atoms with Crippen molar-refractivity contribution in [2.24, 2.45) is 0 Å². The molecule has 1 aliphatic rings.